The van der Waals surface area contributed by atoms with E-state index in [0.29, 0.717) is 6.42 Å². The third-order valence-corrected chi connectivity index (χ3v) is 2.66. The summed E-state index contributed by atoms with van der Waals surface area (Å²) in [4.78, 5) is 10.8. The van der Waals surface area contributed by atoms with E-state index in [0.717, 1.165) is 17.3 Å². The fourth-order valence-electron chi connectivity index (χ4n) is 0.826. The van der Waals surface area contributed by atoms with Crippen LogP contribution < -0.4 is 0 Å². The first-order valence-corrected chi connectivity index (χ1v) is 5.14. The van der Waals surface area contributed by atoms with Gasteiger partial charge in [0.2, 0.25) is 5.16 Å². The molecular weight excluding hydrogens is 204 g/mol. The number of aryl methyl sites for hydroxylation is 1. The second kappa shape index (κ2) is 5.58. The molecule has 7 heteroatoms. The van der Waals surface area contributed by atoms with Crippen LogP contribution in [-0.4, -0.2) is 39.0 Å². The molecular formula is C7H12N4O2S. The Kier molecular flexibility index (Phi) is 4.37. The van der Waals surface area contributed by atoms with Crippen LogP contribution in [0.1, 0.15) is 12.8 Å². The Balaban J connectivity index is 2.16. The van der Waals surface area contributed by atoms with E-state index in [1.807, 2.05) is 0 Å². The standard InChI is InChI=1S/C7H12N4O2S/c1-11-7(8-9-10-11)14-5-3-4-6(12)13-2/h3-5H2,1-2H3. The highest BCUT2D eigenvalue weighted by Gasteiger charge is 2.04. The predicted octanol–water partition coefficient (Wildman–Crippen LogP) is 0.255. The van der Waals surface area contributed by atoms with Gasteiger partial charge in [-0.15, -0.1) is 5.10 Å². The lowest BCUT2D eigenvalue weighted by molar-refractivity contribution is -0.140. The zero-order chi connectivity index (χ0) is 10.4. The highest BCUT2D eigenvalue weighted by atomic mass is 32.2. The molecule has 0 N–H and O–H groups in total. The van der Waals surface area contributed by atoms with E-state index < -0.39 is 0 Å². The van der Waals surface area contributed by atoms with Crippen molar-refractivity contribution in [1.29, 1.82) is 0 Å². The van der Waals surface area contributed by atoms with Gasteiger partial charge in [-0.2, -0.15) is 0 Å². The van der Waals surface area contributed by atoms with Gasteiger partial charge in [-0.25, -0.2) is 4.68 Å². The molecule has 0 aromatic carbocycles. The van der Waals surface area contributed by atoms with E-state index in [-0.39, 0.29) is 5.97 Å². The lowest BCUT2D eigenvalue weighted by Crippen LogP contribution is -2.00. The van der Waals surface area contributed by atoms with Crippen molar-refractivity contribution >= 4 is 17.7 Å². The molecule has 0 bridgehead atoms. The van der Waals surface area contributed by atoms with Crippen LogP contribution in [-0.2, 0) is 16.6 Å². The number of nitrogens with zero attached hydrogens (tertiary/aromatic N) is 4. The average Bonchev–Trinajstić information content (AvgIpc) is 2.58. The number of ether oxygens (including phenoxy) is 1. The van der Waals surface area contributed by atoms with E-state index in [2.05, 4.69) is 20.3 Å². The minimum absolute atomic E-state index is 0.179. The molecule has 0 atom stereocenters. The molecule has 0 aliphatic rings. The van der Waals surface area contributed by atoms with E-state index >= 15 is 0 Å². The third kappa shape index (κ3) is 3.33. The van der Waals surface area contributed by atoms with E-state index in [1.54, 1.807) is 11.7 Å². The normalized spacial score (nSPS) is 10.1. The Morgan fingerprint density at radius 3 is 3.00 bits per heavy atom. The Bertz CT molecular complexity index is 302. The van der Waals surface area contributed by atoms with Gasteiger partial charge in [0.15, 0.2) is 0 Å². The smallest absolute Gasteiger partial charge is 0.305 e. The summed E-state index contributed by atoms with van der Waals surface area (Å²) >= 11 is 1.53. The number of hydrogen-bond acceptors (Lipinski definition) is 6. The number of methoxy groups -OCH3 is 1. The fourth-order valence-corrected chi connectivity index (χ4v) is 1.61. The summed E-state index contributed by atoms with van der Waals surface area (Å²) in [6, 6.07) is 0. The summed E-state index contributed by atoms with van der Waals surface area (Å²) in [5.41, 5.74) is 0. The van der Waals surface area contributed by atoms with Gasteiger partial charge in [-0.1, -0.05) is 11.8 Å². The highest BCUT2D eigenvalue weighted by Crippen LogP contribution is 2.14. The van der Waals surface area contributed by atoms with Gasteiger partial charge in [-0.3, -0.25) is 4.79 Å². The Morgan fingerprint density at radius 1 is 1.64 bits per heavy atom. The number of tetrazole rings is 1. The maximum Gasteiger partial charge on any atom is 0.305 e. The summed E-state index contributed by atoms with van der Waals surface area (Å²) in [6.07, 6.45) is 1.21. The number of carbonyl (C=O) groups excluding carboxylic acids is 1. The Morgan fingerprint density at radius 2 is 2.43 bits per heavy atom. The molecule has 0 saturated carbocycles. The first-order valence-electron chi connectivity index (χ1n) is 4.16. The van der Waals surface area contributed by atoms with Crippen molar-refractivity contribution in [2.24, 2.45) is 7.05 Å². The number of esters is 1. The second-order valence-corrected chi connectivity index (χ2v) is 3.68. The second-order valence-electron chi connectivity index (χ2n) is 2.61. The molecule has 0 amide bonds. The van der Waals surface area contributed by atoms with Gasteiger partial charge in [0, 0.05) is 19.2 Å². The number of aromatic nitrogens is 4. The van der Waals surface area contributed by atoms with Crippen LogP contribution in [0.5, 0.6) is 0 Å². The Labute approximate surface area is 86.0 Å². The minimum atomic E-state index is -0.179. The zero-order valence-electron chi connectivity index (χ0n) is 8.13. The van der Waals surface area contributed by atoms with Crippen LogP contribution in [0.4, 0.5) is 0 Å². The van der Waals surface area contributed by atoms with Crippen molar-refractivity contribution in [3.05, 3.63) is 0 Å². The van der Waals surface area contributed by atoms with Crippen molar-refractivity contribution in [2.75, 3.05) is 12.9 Å². The molecule has 1 heterocycles. The topological polar surface area (TPSA) is 69.9 Å². The highest BCUT2D eigenvalue weighted by molar-refractivity contribution is 7.99. The van der Waals surface area contributed by atoms with Crippen molar-refractivity contribution in [2.45, 2.75) is 18.0 Å². The van der Waals surface area contributed by atoms with Gasteiger partial charge in [0.25, 0.3) is 0 Å². The van der Waals surface area contributed by atoms with Crippen LogP contribution in [0.2, 0.25) is 0 Å². The zero-order valence-corrected chi connectivity index (χ0v) is 8.95. The molecule has 1 aromatic rings. The van der Waals surface area contributed by atoms with Crippen LogP contribution in [0, 0.1) is 0 Å². The van der Waals surface area contributed by atoms with E-state index in [4.69, 9.17) is 0 Å². The van der Waals surface area contributed by atoms with Crippen molar-refractivity contribution in [3.63, 3.8) is 0 Å². The summed E-state index contributed by atoms with van der Waals surface area (Å²) < 4.78 is 6.12. The lowest BCUT2D eigenvalue weighted by atomic mass is 10.3. The molecule has 0 radical (unpaired) electrons. The summed E-state index contributed by atoms with van der Waals surface area (Å²) in [5.74, 6) is 0.630. The molecule has 0 aliphatic heterocycles. The Hall–Kier alpha value is -1.11. The maximum absolute atomic E-state index is 10.8. The summed E-state index contributed by atoms with van der Waals surface area (Å²) in [6.45, 7) is 0. The van der Waals surface area contributed by atoms with Crippen LogP contribution in [0.3, 0.4) is 0 Å². The van der Waals surface area contributed by atoms with Gasteiger partial charge in [-0.05, 0) is 16.8 Å². The average molecular weight is 216 g/mol. The molecule has 1 aromatic heterocycles. The predicted molar refractivity (Wildman–Crippen MR) is 50.8 cm³/mol. The molecule has 0 spiro atoms. The first-order chi connectivity index (χ1) is 6.74. The molecule has 14 heavy (non-hydrogen) atoms. The number of hydrogen-bond donors (Lipinski definition) is 0. The quantitative estimate of drug-likeness (QED) is 0.399. The number of rotatable bonds is 5. The molecule has 1 rings (SSSR count). The van der Waals surface area contributed by atoms with Crippen LogP contribution in [0.15, 0.2) is 5.16 Å². The third-order valence-electron chi connectivity index (χ3n) is 1.57. The molecule has 0 aliphatic carbocycles. The van der Waals surface area contributed by atoms with Gasteiger partial charge in [0.05, 0.1) is 7.11 Å². The summed E-state index contributed by atoms with van der Waals surface area (Å²) in [5, 5.41) is 11.8. The monoisotopic (exact) mass is 216 g/mol. The van der Waals surface area contributed by atoms with Gasteiger partial charge in [0.1, 0.15) is 0 Å². The summed E-state index contributed by atoms with van der Waals surface area (Å²) in [7, 11) is 3.17. The number of carbonyl (C=O) groups is 1. The van der Waals surface area contributed by atoms with Crippen LogP contribution in [0.25, 0.3) is 0 Å². The molecule has 0 saturated heterocycles. The fraction of sp³-hybridized carbons (Fsp3) is 0.714. The van der Waals surface area contributed by atoms with Crippen LogP contribution >= 0.6 is 11.8 Å². The van der Waals surface area contributed by atoms with Crippen molar-refractivity contribution in [1.82, 2.24) is 20.2 Å². The maximum atomic E-state index is 10.8. The molecule has 0 unspecified atom stereocenters. The molecule has 6 nitrogen and oxygen atoms in total. The van der Waals surface area contributed by atoms with E-state index in [9.17, 15) is 4.79 Å². The van der Waals surface area contributed by atoms with Crippen molar-refractivity contribution in [3.8, 4) is 0 Å². The minimum Gasteiger partial charge on any atom is -0.469 e. The van der Waals surface area contributed by atoms with Crippen molar-refractivity contribution < 1.29 is 9.53 Å². The largest absolute Gasteiger partial charge is 0.469 e. The van der Waals surface area contributed by atoms with Gasteiger partial charge < -0.3 is 4.74 Å². The SMILES string of the molecule is COC(=O)CCCSc1nnnn1C. The molecule has 78 valence electrons. The van der Waals surface area contributed by atoms with Gasteiger partial charge >= 0.3 is 5.97 Å². The van der Waals surface area contributed by atoms with E-state index in [1.165, 1.54) is 18.9 Å². The molecule has 0 fully saturated rings. The lowest BCUT2D eigenvalue weighted by Gasteiger charge is -1.98. The first kappa shape index (κ1) is 11.0. The number of thioether (sulfide) groups is 1.